The third kappa shape index (κ3) is 2.75. The van der Waals surface area contributed by atoms with Gasteiger partial charge >= 0.3 is 0 Å². The van der Waals surface area contributed by atoms with Crippen molar-refractivity contribution in [3.63, 3.8) is 0 Å². The van der Waals surface area contributed by atoms with Crippen LogP contribution in [0.5, 0.6) is 5.75 Å². The summed E-state index contributed by atoms with van der Waals surface area (Å²) in [4.78, 5) is 11.6. The van der Waals surface area contributed by atoms with Crippen molar-refractivity contribution in [3.05, 3.63) is 29.3 Å². The summed E-state index contributed by atoms with van der Waals surface area (Å²) in [6, 6.07) is 4.49. The van der Waals surface area contributed by atoms with E-state index in [0.717, 1.165) is 5.56 Å². The molecule has 1 amide bonds. The van der Waals surface area contributed by atoms with E-state index in [2.05, 4.69) is 11.2 Å². The van der Waals surface area contributed by atoms with Gasteiger partial charge in [-0.05, 0) is 26.0 Å². The number of aromatic hydroxyl groups is 1. The molecule has 1 rings (SSSR count). The Kier molecular flexibility index (Phi) is 3.35. The summed E-state index contributed by atoms with van der Waals surface area (Å²) in [5.74, 6) is 1.99. The van der Waals surface area contributed by atoms with Crippen LogP contribution < -0.4 is 5.32 Å². The van der Waals surface area contributed by atoms with Crippen LogP contribution in [-0.2, 0) is 0 Å². The van der Waals surface area contributed by atoms with Crippen molar-refractivity contribution in [1.29, 1.82) is 0 Å². The van der Waals surface area contributed by atoms with Crippen molar-refractivity contribution in [2.75, 3.05) is 0 Å². The first-order valence-electron chi connectivity index (χ1n) is 4.61. The smallest absolute Gasteiger partial charge is 0.256 e. The quantitative estimate of drug-likeness (QED) is 0.715. The van der Waals surface area contributed by atoms with Crippen LogP contribution in [0.15, 0.2) is 18.2 Å². The number of benzene rings is 1. The van der Waals surface area contributed by atoms with E-state index in [-0.39, 0.29) is 23.3 Å². The molecule has 0 aliphatic carbocycles. The molecule has 15 heavy (non-hydrogen) atoms. The van der Waals surface area contributed by atoms with E-state index in [4.69, 9.17) is 6.42 Å². The van der Waals surface area contributed by atoms with E-state index in [9.17, 15) is 9.90 Å². The SMILES string of the molecule is C#CC(C)NC(=O)c1cc(C)ccc1O. The number of rotatable bonds is 2. The van der Waals surface area contributed by atoms with Gasteiger partial charge in [-0.15, -0.1) is 6.42 Å². The predicted molar refractivity (Wildman–Crippen MR) is 58.6 cm³/mol. The molecule has 0 saturated heterocycles. The average molecular weight is 203 g/mol. The zero-order valence-corrected chi connectivity index (χ0v) is 8.74. The lowest BCUT2D eigenvalue weighted by Crippen LogP contribution is -2.31. The molecule has 0 heterocycles. The summed E-state index contributed by atoms with van der Waals surface area (Å²) < 4.78 is 0. The Morgan fingerprint density at radius 1 is 1.60 bits per heavy atom. The highest BCUT2D eigenvalue weighted by Gasteiger charge is 2.12. The van der Waals surface area contributed by atoms with Crippen LogP contribution in [-0.4, -0.2) is 17.1 Å². The van der Waals surface area contributed by atoms with Gasteiger partial charge in [-0.1, -0.05) is 17.6 Å². The van der Waals surface area contributed by atoms with E-state index in [1.807, 2.05) is 6.92 Å². The van der Waals surface area contributed by atoms with Crippen LogP contribution in [0.25, 0.3) is 0 Å². The second kappa shape index (κ2) is 4.52. The predicted octanol–water partition coefficient (Wildman–Crippen LogP) is 1.45. The zero-order chi connectivity index (χ0) is 11.4. The van der Waals surface area contributed by atoms with Crippen LogP contribution >= 0.6 is 0 Å². The Bertz CT molecular complexity index is 418. The minimum Gasteiger partial charge on any atom is -0.507 e. The van der Waals surface area contributed by atoms with E-state index in [1.165, 1.54) is 6.07 Å². The van der Waals surface area contributed by atoms with E-state index in [1.54, 1.807) is 19.1 Å². The van der Waals surface area contributed by atoms with Crippen LogP contribution in [0, 0.1) is 19.3 Å². The summed E-state index contributed by atoms with van der Waals surface area (Å²) >= 11 is 0. The fourth-order valence-corrected chi connectivity index (χ4v) is 1.15. The van der Waals surface area contributed by atoms with Gasteiger partial charge in [0, 0.05) is 0 Å². The zero-order valence-electron chi connectivity index (χ0n) is 8.74. The number of phenols is 1. The number of phenolic OH excluding ortho intramolecular Hbond substituents is 1. The fraction of sp³-hybridized carbons (Fsp3) is 0.250. The number of hydrogen-bond donors (Lipinski definition) is 2. The molecule has 78 valence electrons. The molecule has 3 heteroatoms. The summed E-state index contributed by atoms with van der Waals surface area (Å²) in [7, 11) is 0. The van der Waals surface area contributed by atoms with Crippen molar-refractivity contribution >= 4 is 5.91 Å². The largest absolute Gasteiger partial charge is 0.507 e. The van der Waals surface area contributed by atoms with Gasteiger partial charge < -0.3 is 10.4 Å². The topological polar surface area (TPSA) is 49.3 Å². The number of nitrogens with one attached hydrogen (secondary N) is 1. The third-order valence-corrected chi connectivity index (χ3v) is 1.99. The number of hydrogen-bond acceptors (Lipinski definition) is 2. The number of terminal acetylenes is 1. The van der Waals surface area contributed by atoms with Crippen LogP contribution in [0.4, 0.5) is 0 Å². The van der Waals surface area contributed by atoms with E-state index < -0.39 is 0 Å². The normalized spacial score (nSPS) is 11.5. The Balaban J connectivity index is 2.92. The average Bonchev–Trinajstić information content (AvgIpc) is 2.21. The molecule has 0 saturated carbocycles. The highest BCUT2D eigenvalue weighted by atomic mass is 16.3. The Morgan fingerprint density at radius 3 is 2.87 bits per heavy atom. The maximum atomic E-state index is 11.6. The van der Waals surface area contributed by atoms with E-state index >= 15 is 0 Å². The van der Waals surface area contributed by atoms with Gasteiger partial charge in [-0.2, -0.15) is 0 Å². The first-order chi connectivity index (χ1) is 7.04. The van der Waals surface area contributed by atoms with Gasteiger partial charge in [0.05, 0.1) is 11.6 Å². The Labute approximate surface area is 89.1 Å². The highest BCUT2D eigenvalue weighted by Crippen LogP contribution is 2.17. The lowest BCUT2D eigenvalue weighted by Gasteiger charge is -2.09. The summed E-state index contributed by atoms with van der Waals surface area (Å²) in [5.41, 5.74) is 1.16. The summed E-state index contributed by atoms with van der Waals surface area (Å²) in [6.07, 6.45) is 5.14. The molecule has 1 atom stereocenters. The van der Waals surface area contributed by atoms with Gasteiger partial charge in [0.15, 0.2) is 0 Å². The van der Waals surface area contributed by atoms with Gasteiger partial charge in [0.25, 0.3) is 5.91 Å². The number of carbonyl (C=O) groups is 1. The molecule has 0 aliphatic heterocycles. The lowest BCUT2D eigenvalue weighted by atomic mass is 10.1. The van der Waals surface area contributed by atoms with Gasteiger partial charge in [0.1, 0.15) is 5.75 Å². The first kappa shape index (κ1) is 11.1. The number of aryl methyl sites for hydroxylation is 1. The molecule has 0 spiro atoms. The highest BCUT2D eigenvalue weighted by molar-refractivity contribution is 5.97. The first-order valence-corrected chi connectivity index (χ1v) is 4.61. The van der Waals surface area contributed by atoms with Crippen molar-refractivity contribution in [1.82, 2.24) is 5.32 Å². The van der Waals surface area contributed by atoms with Gasteiger partial charge in [0.2, 0.25) is 0 Å². The summed E-state index contributed by atoms with van der Waals surface area (Å²) in [5, 5.41) is 12.1. The Hall–Kier alpha value is -1.95. The second-order valence-corrected chi connectivity index (χ2v) is 3.38. The molecule has 0 fully saturated rings. The number of amides is 1. The molecule has 2 N–H and O–H groups in total. The van der Waals surface area contributed by atoms with Crippen molar-refractivity contribution in [2.24, 2.45) is 0 Å². The molecular formula is C12H13NO2. The minimum atomic E-state index is -0.360. The molecule has 1 aromatic rings. The van der Waals surface area contributed by atoms with Crippen molar-refractivity contribution in [2.45, 2.75) is 19.9 Å². The third-order valence-electron chi connectivity index (χ3n) is 1.99. The molecule has 1 aromatic carbocycles. The second-order valence-electron chi connectivity index (χ2n) is 3.38. The summed E-state index contributed by atoms with van der Waals surface area (Å²) in [6.45, 7) is 3.55. The van der Waals surface area contributed by atoms with Gasteiger partial charge in [-0.3, -0.25) is 4.79 Å². The molecule has 0 bridgehead atoms. The molecule has 0 radical (unpaired) electrons. The molecule has 0 aliphatic rings. The standard InChI is InChI=1S/C12H13NO2/c1-4-9(3)13-12(15)10-7-8(2)5-6-11(10)14/h1,5-7,9,14H,2-3H3,(H,13,15). The maximum absolute atomic E-state index is 11.6. The molecule has 1 unspecified atom stereocenters. The maximum Gasteiger partial charge on any atom is 0.256 e. The Morgan fingerprint density at radius 2 is 2.27 bits per heavy atom. The van der Waals surface area contributed by atoms with Crippen LogP contribution in [0.3, 0.4) is 0 Å². The molecular weight excluding hydrogens is 190 g/mol. The molecule has 3 nitrogen and oxygen atoms in total. The van der Waals surface area contributed by atoms with Crippen LogP contribution in [0.1, 0.15) is 22.8 Å². The fourth-order valence-electron chi connectivity index (χ4n) is 1.15. The van der Waals surface area contributed by atoms with Crippen molar-refractivity contribution in [3.8, 4) is 18.1 Å². The minimum absolute atomic E-state index is 0.0395. The number of carbonyl (C=O) groups excluding carboxylic acids is 1. The molecule has 0 aromatic heterocycles. The van der Waals surface area contributed by atoms with E-state index in [0.29, 0.717) is 0 Å². The van der Waals surface area contributed by atoms with Crippen molar-refractivity contribution < 1.29 is 9.90 Å². The van der Waals surface area contributed by atoms with Gasteiger partial charge in [-0.25, -0.2) is 0 Å². The van der Waals surface area contributed by atoms with Crippen LogP contribution in [0.2, 0.25) is 0 Å². The lowest BCUT2D eigenvalue weighted by molar-refractivity contribution is 0.0945. The monoisotopic (exact) mass is 203 g/mol.